The van der Waals surface area contributed by atoms with Gasteiger partial charge in [-0.25, -0.2) is 0 Å². The van der Waals surface area contributed by atoms with Gasteiger partial charge in [0.1, 0.15) is 5.75 Å². The van der Waals surface area contributed by atoms with Crippen molar-refractivity contribution in [2.24, 2.45) is 0 Å². The van der Waals surface area contributed by atoms with Gasteiger partial charge in [-0.1, -0.05) is 49.4 Å². The molecular formula is C24H30N2O3. The number of carbonyl (C=O) groups excluding carboxylic acids is 2. The van der Waals surface area contributed by atoms with E-state index in [2.05, 4.69) is 36.5 Å². The van der Waals surface area contributed by atoms with Crippen molar-refractivity contribution in [3.8, 4) is 5.75 Å². The molecule has 0 saturated carbocycles. The molecule has 1 heterocycles. The van der Waals surface area contributed by atoms with Crippen LogP contribution in [0.4, 0.5) is 0 Å². The number of carbonyl (C=O) groups is 2. The third-order valence-corrected chi connectivity index (χ3v) is 5.73. The van der Waals surface area contributed by atoms with Gasteiger partial charge in [-0.3, -0.25) is 9.59 Å². The van der Waals surface area contributed by atoms with Crippen LogP contribution in [0, 0.1) is 0 Å². The number of amides is 2. The molecule has 0 aliphatic carbocycles. The summed E-state index contributed by atoms with van der Waals surface area (Å²) < 4.78 is 5.23. The van der Waals surface area contributed by atoms with E-state index in [-0.39, 0.29) is 17.9 Å². The molecule has 1 aliphatic rings. The first-order valence-corrected chi connectivity index (χ1v) is 10.4. The van der Waals surface area contributed by atoms with Gasteiger partial charge in [0.15, 0.2) is 0 Å². The molecule has 5 nitrogen and oxygen atoms in total. The summed E-state index contributed by atoms with van der Waals surface area (Å²) in [5.74, 6) is 0.779. The number of benzene rings is 2. The molecule has 0 spiro atoms. The average molecular weight is 395 g/mol. The molecule has 1 aliphatic heterocycles. The maximum Gasteiger partial charge on any atom is 0.255 e. The number of rotatable bonds is 8. The topological polar surface area (TPSA) is 58.6 Å². The van der Waals surface area contributed by atoms with E-state index in [0.29, 0.717) is 30.2 Å². The van der Waals surface area contributed by atoms with Crippen LogP contribution in [0.1, 0.15) is 54.4 Å². The molecule has 1 saturated heterocycles. The molecule has 0 radical (unpaired) electrons. The monoisotopic (exact) mass is 394 g/mol. The van der Waals surface area contributed by atoms with Gasteiger partial charge in [-0.2, -0.15) is 0 Å². The second kappa shape index (κ2) is 10.1. The fourth-order valence-corrected chi connectivity index (χ4v) is 4.30. The Morgan fingerprint density at radius 1 is 1.14 bits per heavy atom. The van der Waals surface area contributed by atoms with Crippen molar-refractivity contribution in [2.45, 2.75) is 44.6 Å². The maximum atomic E-state index is 12.9. The van der Waals surface area contributed by atoms with E-state index in [1.54, 1.807) is 25.3 Å². The lowest BCUT2D eigenvalue weighted by Gasteiger charge is -2.32. The van der Waals surface area contributed by atoms with Crippen LogP contribution in [0.3, 0.4) is 0 Å². The van der Waals surface area contributed by atoms with E-state index in [9.17, 15) is 9.59 Å². The zero-order valence-electron chi connectivity index (χ0n) is 17.3. The largest absolute Gasteiger partial charge is 0.496 e. The van der Waals surface area contributed by atoms with Crippen LogP contribution >= 0.6 is 0 Å². The SMILES string of the molecule is CC[C@H](c1ccccc1)[C@@H]1CCCN1C(=O)CCNC(=O)c1ccccc1OC. The Morgan fingerprint density at radius 2 is 1.86 bits per heavy atom. The van der Waals surface area contributed by atoms with Crippen LogP contribution in [0.25, 0.3) is 0 Å². The summed E-state index contributed by atoms with van der Waals surface area (Å²) in [5.41, 5.74) is 1.78. The highest BCUT2D eigenvalue weighted by Crippen LogP contribution is 2.33. The molecule has 2 aromatic rings. The Bertz CT molecular complexity index is 822. The van der Waals surface area contributed by atoms with E-state index in [0.717, 1.165) is 25.8 Å². The van der Waals surface area contributed by atoms with Crippen molar-refractivity contribution in [3.63, 3.8) is 0 Å². The molecule has 2 atom stereocenters. The molecule has 29 heavy (non-hydrogen) atoms. The number of nitrogens with one attached hydrogen (secondary N) is 1. The first-order valence-electron chi connectivity index (χ1n) is 10.4. The average Bonchev–Trinajstić information content (AvgIpc) is 3.24. The van der Waals surface area contributed by atoms with Gasteiger partial charge in [0.05, 0.1) is 12.7 Å². The zero-order chi connectivity index (χ0) is 20.6. The number of ether oxygens (including phenoxy) is 1. The third kappa shape index (κ3) is 4.97. The molecule has 2 amide bonds. The summed E-state index contributed by atoms with van der Waals surface area (Å²) >= 11 is 0. The van der Waals surface area contributed by atoms with Gasteiger partial charge >= 0.3 is 0 Å². The second-order valence-corrected chi connectivity index (χ2v) is 7.43. The highest BCUT2D eigenvalue weighted by atomic mass is 16.5. The minimum Gasteiger partial charge on any atom is -0.496 e. The number of nitrogens with zero attached hydrogens (tertiary/aromatic N) is 1. The van der Waals surface area contributed by atoms with Gasteiger partial charge in [-0.05, 0) is 37.0 Å². The van der Waals surface area contributed by atoms with E-state index < -0.39 is 0 Å². The fraction of sp³-hybridized carbons (Fsp3) is 0.417. The first-order chi connectivity index (χ1) is 14.2. The molecule has 0 aromatic heterocycles. The first kappa shape index (κ1) is 20.9. The van der Waals surface area contributed by atoms with E-state index in [4.69, 9.17) is 4.74 Å². The van der Waals surface area contributed by atoms with Crippen LogP contribution in [0.15, 0.2) is 54.6 Å². The quantitative estimate of drug-likeness (QED) is 0.736. The molecule has 3 rings (SSSR count). The maximum absolute atomic E-state index is 12.9. The Balaban J connectivity index is 1.58. The summed E-state index contributed by atoms with van der Waals surface area (Å²) in [6.07, 6.45) is 3.38. The van der Waals surface area contributed by atoms with Crippen molar-refractivity contribution in [2.75, 3.05) is 20.2 Å². The molecule has 0 unspecified atom stereocenters. The van der Waals surface area contributed by atoms with Crippen molar-refractivity contribution in [3.05, 3.63) is 65.7 Å². The minimum absolute atomic E-state index is 0.113. The summed E-state index contributed by atoms with van der Waals surface area (Å²) in [7, 11) is 1.54. The van der Waals surface area contributed by atoms with Gasteiger partial charge < -0.3 is 15.0 Å². The van der Waals surface area contributed by atoms with Crippen molar-refractivity contribution >= 4 is 11.8 Å². The fourth-order valence-electron chi connectivity index (χ4n) is 4.30. The smallest absolute Gasteiger partial charge is 0.255 e. The summed E-state index contributed by atoms with van der Waals surface area (Å²) in [5, 5.41) is 2.85. The molecule has 0 bridgehead atoms. The van der Waals surface area contributed by atoms with Crippen molar-refractivity contribution in [1.29, 1.82) is 0 Å². The number of methoxy groups -OCH3 is 1. The van der Waals surface area contributed by atoms with Crippen molar-refractivity contribution in [1.82, 2.24) is 10.2 Å². The molecule has 154 valence electrons. The third-order valence-electron chi connectivity index (χ3n) is 5.73. The lowest BCUT2D eigenvalue weighted by molar-refractivity contribution is -0.132. The van der Waals surface area contributed by atoms with Gasteiger partial charge in [0, 0.05) is 31.5 Å². The second-order valence-electron chi connectivity index (χ2n) is 7.43. The predicted molar refractivity (Wildman–Crippen MR) is 114 cm³/mol. The van der Waals surface area contributed by atoms with E-state index >= 15 is 0 Å². The standard InChI is InChI=1S/C24H30N2O3/c1-3-19(18-10-5-4-6-11-18)21-13-9-17-26(21)23(27)15-16-25-24(28)20-12-7-8-14-22(20)29-2/h4-8,10-12,14,19,21H,3,9,13,15-17H2,1-2H3,(H,25,28)/t19-,21+/m1/s1. The summed E-state index contributed by atoms with van der Waals surface area (Å²) in [4.78, 5) is 27.3. The van der Waals surface area contributed by atoms with Crippen LogP contribution in [-0.4, -0.2) is 43.0 Å². The normalized spacial score (nSPS) is 17.0. The van der Waals surface area contributed by atoms with Crippen LogP contribution in [0.5, 0.6) is 5.75 Å². The van der Waals surface area contributed by atoms with Gasteiger partial charge in [0.25, 0.3) is 5.91 Å². The van der Waals surface area contributed by atoms with Crippen LogP contribution < -0.4 is 10.1 Å². The highest BCUT2D eigenvalue weighted by Gasteiger charge is 2.34. The molecule has 5 heteroatoms. The van der Waals surface area contributed by atoms with Crippen LogP contribution in [-0.2, 0) is 4.79 Å². The van der Waals surface area contributed by atoms with Crippen molar-refractivity contribution < 1.29 is 14.3 Å². The minimum atomic E-state index is -0.219. The molecule has 1 N–H and O–H groups in total. The van der Waals surface area contributed by atoms with Gasteiger partial charge in [0.2, 0.25) is 5.91 Å². The lowest BCUT2D eigenvalue weighted by Crippen LogP contribution is -2.40. The Labute approximate surface area is 173 Å². The zero-order valence-corrected chi connectivity index (χ0v) is 17.3. The van der Waals surface area contributed by atoms with Crippen LogP contribution in [0.2, 0.25) is 0 Å². The predicted octanol–water partition coefficient (Wildman–Crippen LogP) is 4.00. The summed E-state index contributed by atoms with van der Waals surface area (Å²) in [6, 6.07) is 17.8. The Hall–Kier alpha value is -2.82. The van der Waals surface area contributed by atoms with E-state index in [1.807, 2.05) is 17.0 Å². The van der Waals surface area contributed by atoms with E-state index in [1.165, 1.54) is 5.56 Å². The lowest BCUT2D eigenvalue weighted by atomic mass is 9.87. The molecule has 2 aromatic carbocycles. The van der Waals surface area contributed by atoms with Gasteiger partial charge in [-0.15, -0.1) is 0 Å². The molecule has 1 fully saturated rings. The molecular weight excluding hydrogens is 364 g/mol. The number of para-hydroxylation sites is 1. The number of hydrogen-bond acceptors (Lipinski definition) is 3. The Kier molecular flexibility index (Phi) is 7.28. The Morgan fingerprint density at radius 3 is 2.59 bits per heavy atom. The highest BCUT2D eigenvalue weighted by molar-refractivity contribution is 5.97. The number of likely N-dealkylation sites (tertiary alicyclic amines) is 1. The number of hydrogen-bond donors (Lipinski definition) is 1. The summed E-state index contributed by atoms with van der Waals surface area (Å²) in [6.45, 7) is 3.31.